The highest BCUT2D eigenvalue weighted by molar-refractivity contribution is 6.33. The van der Waals surface area contributed by atoms with Crippen molar-refractivity contribution in [2.75, 3.05) is 5.32 Å². The first kappa shape index (κ1) is 18.6. The number of rotatable bonds is 5. The summed E-state index contributed by atoms with van der Waals surface area (Å²) < 4.78 is 0. The van der Waals surface area contributed by atoms with E-state index in [1.54, 1.807) is 30.3 Å². The molecule has 3 rings (SSSR count). The minimum atomic E-state index is -0.434. The second-order valence-corrected chi connectivity index (χ2v) is 6.44. The van der Waals surface area contributed by atoms with Crippen LogP contribution in [0.4, 0.5) is 5.69 Å². The highest BCUT2D eigenvalue weighted by Crippen LogP contribution is 2.21. The maximum atomic E-state index is 12.4. The second-order valence-electron chi connectivity index (χ2n) is 6.04. The number of para-hydroxylation sites is 1. The van der Waals surface area contributed by atoms with Gasteiger partial charge >= 0.3 is 0 Å². The van der Waals surface area contributed by atoms with Crippen LogP contribution in [0.1, 0.15) is 32.0 Å². The Balaban J connectivity index is 1.68. The number of carbonyl (C=O) groups is 2. The number of hydrogen-bond acceptors (Lipinski definition) is 3. The average molecular weight is 380 g/mol. The highest BCUT2D eigenvalue weighted by atomic mass is 35.5. The van der Waals surface area contributed by atoms with Crippen LogP contribution < -0.4 is 10.6 Å². The molecule has 6 heteroatoms. The zero-order chi connectivity index (χ0) is 19.2. The van der Waals surface area contributed by atoms with Gasteiger partial charge in [0.2, 0.25) is 0 Å². The van der Waals surface area contributed by atoms with Gasteiger partial charge in [-0.2, -0.15) is 0 Å². The summed E-state index contributed by atoms with van der Waals surface area (Å²) in [5.74, 6) is -0.706. The molecule has 1 aromatic heterocycles. The van der Waals surface area contributed by atoms with Crippen LogP contribution in [0.15, 0.2) is 66.9 Å². The summed E-state index contributed by atoms with van der Waals surface area (Å²) in [6, 6.07) is 17.8. The van der Waals surface area contributed by atoms with E-state index in [1.807, 2.05) is 31.2 Å². The van der Waals surface area contributed by atoms with Gasteiger partial charge in [0.05, 0.1) is 10.7 Å². The third-order valence-corrected chi connectivity index (χ3v) is 4.24. The Kier molecular flexibility index (Phi) is 5.84. The number of carbonyl (C=O) groups excluding carboxylic acids is 2. The lowest BCUT2D eigenvalue weighted by atomic mass is 10.1. The fourth-order valence-corrected chi connectivity index (χ4v) is 2.73. The van der Waals surface area contributed by atoms with Crippen molar-refractivity contribution in [2.24, 2.45) is 0 Å². The summed E-state index contributed by atoms with van der Waals surface area (Å²) in [7, 11) is 0. The highest BCUT2D eigenvalue weighted by Gasteiger charge is 2.13. The van der Waals surface area contributed by atoms with Crippen LogP contribution in [0.5, 0.6) is 0 Å². The number of nitrogens with zero attached hydrogens (tertiary/aromatic N) is 1. The molecule has 0 fully saturated rings. The van der Waals surface area contributed by atoms with E-state index in [1.165, 1.54) is 12.3 Å². The molecule has 0 bridgehead atoms. The van der Waals surface area contributed by atoms with Gasteiger partial charge in [-0.15, -0.1) is 0 Å². The number of nitrogens with one attached hydrogen (secondary N) is 2. The predicted octanol–water partition coefficient (Wildman–Crippen LogP) is 4.23. The third-order valence-electron chi connectivity index (χ3n) is 3.91. The molecule has 2 amide bonds. The number of aryl methyl sites for hydroxylation is 1. The lowest BCUT2D eigenvalue weighted by Gasteiger charge is -2.09. The lowest BCUT2D eigenvalue weighted by molar-refractivity contribution is 0.0950. The lowest BCUT2D eigenvalue weighted by Crippen LogP contribution is -2.23. The average Bonchev–Trinajstić information content (AvgIpc) is 2.68. The molecule has 2 N–H and O–H groups in total. The molecule has 2 aromatic carbocycles. The smallest absolute Gasteiger partial charge is 0.274 e. The van der Waals surface area contributed by atoms with Crippen molar-refractivity contribution in [3.8, 4) is 0 Å². The number of amides is 2. The monoisotopic (exact) mass is 379 g/mol. The van der Waals surface area contributed by atoms with E-state index >= 15 is 0 Å². The molecule has 0 aliphatic heterocycles. The van der Waals surface area contributed by atoms with E-state index < -0.39 is 5.91 Å². The van der Waals surface area contributed by atoms with E-state index in [0.717, 1.165) is 11.1 Å². The van der Waals surface area contributed by atoms with E-state index in [9.17, 15) is 9.59 Å². The maximum Gasteiger partial charge on any atom is 0.274 e. The third kappa shape index (κ3) is 4.92. The number of anilines is 1. The Hall–Kier alpha value is -3.18. The first-order valence-corrected chi connectivity index (χ1v) is 8.76. The van der Waals surface area contributed by atoms with Crippen LogP contribution in [0, 0.1) is 6.92 Å². The summed E-state index contributed by atoms with van der Waals surface area (Å²) in [6.07, 6.45) is 1.43. The minimum Gasteiger partial charge on any atom is -0.348 e. The Morgan fingerprint density at radius 2 is 1.81 bits per heavy atom. The van der Waals surface area contributed by atoms with E-state index in [2.05, 4.69) is 15.6 Å². The molecule has 0 spiro atoms. The van der Waals surface area contributed by atoms with Crippen molar-refractivity contribution in [1.29, 1.82) is 0 Å². The first-order valence-electron chi connectivity index (χ1n) is 8.38. The van der Waals surface area contributed by atoms with Gasteiger partial charge in [-0.05, 0) is 36.8 Å². The number of aromatic nitrogens is 1. The van der Waals surface area contributed by atoms with Crippen LogP contribution in [0.25, 0.3) is 0 Å². The van der Waals surface area contributed by atoms with Gasteiger partial charge in [0, 0.05) is 18.3 Å². The first-order chi connectivity index (χ1) is 13.0. The number of halogens is 1. The zero-order valence-corrected chi connectivity index (χ0v) is 15.5. The van der Waals surface area contributed by atoms with Gasteiger partial charge in [-0.3, -0.25) is 14.6 Å². The standard InChI is InChI=1S/C21H18ClN3O2/c1-14-5-4-6-15(11-14)13-24-20(26)16-9-10-23-19(12-16)21(27)25-18-8-3-2-7-17(18)22/h2-12H,13H2,1H3,(H,24,26)(H,25,27). The van der Waals surface area contributed by atoms with Crippen LogP contribution >= 0.6 is 11.6 Å². The summed E-state index contributed by atoms with van der Waals surface area (Å²) in [6.45, 7) is 2.40. The van der Waals surface area contributed by atoms with Crippen LogP contribution in [0.3, 0.4) is 0 Å². The summed E-state index contributed by atoms with van der Waals surface area (Å²) in [5, 5.41) is 5.97. The Bertz CT molecular complexity index is 988. The molecule has 0 atom stereocenters. The van der Waals surface area contributed by atoms with Gasteiger partial charge in [0.25, 0.3) is 11.8 Å². The van der Waals surface area contributed by atoms with E-state index in [0.29, 0.717) is 22.8 Å². The Morgan fingerprint density at radius 3 is 2.59 bits per heavy atom. The predicted molar refractivity (Wildman–Crippen MR) is 106 cm³/mol. The molecule has 0 aliphatic carbocycles. The summed E-state index contributed by atoms with van der Waals surface area (Å²) in [4.78, 5) is 28.8. The van der Waals surface area contributed by atoms with Crippen molar-refractivity contribution in [2.45, 2.75) is 13.5 Å². The van der Waals surface area contributed by atoms with Crippen molar-refractivity contribution < 1.29 is 9.59 Å². The Labute approximate surface area is 162 Å². The Morgan fingerprint density at radius 1 is 1.00 bits per heavy atom. The minimum absolute atomic E-state index is 0.137. The molecule has 0 saturated heterocycles. The summed E-state index contributed by atoms with van der Waals surface area (Å²) in [5.41, 5.74) is 3.12. The molecule has 0 saturated carbocycles. The molecular weight excluding hydrogens is 362 g/mol. The van der Waals surface area contributed by atoms with Crippen LogP contribution in [-0.2, 0) is 6.54 Å². The van der Waals surface area contributed by atoms with Gasteiger partial charge in [0.1, 0.15) is 5.69 Å². The largest absolute Gasteiger partial charge is 0.348 e. The van der Waals surface area contributed by atoms with Crippen LogP contribution in [-0.4, -0.2) is 16.8 Å². The molecule has 0 aliphatic rings. The molecule has 0 radical (unpaired) electrons. The molecule has 5 nitrogen and oxygen atoms in total. The fourth-order valence-electron chi connectivity index (χ4n) is 2.55. The van der Waals surface area contributed by atoms with Gasteiger partial charge in [0.15, 0.2) is 0 Å². The topological polar surface area (TPSA) is 71.1 Å². The fraction of sp³-hybridized carbons (Fsp3) is 0.0952. The molecule has 3 aromatic rings. The van der Waals surface area contributed by atoms with Crippen molar-refractivity contribution in [3.05, 3.63) is 94.3 Å². The molecular formula is C21H18ClN3O2. The summed E-state index contributed by atoms with van der Waals surface area (Å²) >= 11 is 6.05. The van der Waals surface area contributed by atoms with E-state index in [4.69, 9.17) is 11.6 Å². The van der Waals surface area contributed by atoms with Crippen molar-refractivity contribution in [1.82, 2.24) is 10.3 Å². The molecule has 136 valence electrons. The molecule has 1 heterocycles. The SMILES string of the molecule is Cc1cccc(CNC(=O)c2ccnc(C(=O)Nc3ccccc3Cl)c2)c1. The number of pyridine rings is 1. The maximum absolute atomic E-state index is 12.4. The molecule has 0 unspecified atom stereocenters. The normalized spacial score (nSPS) is 10.3. The second kappa shape index (κ2) is 8.47. The van der Waals surface area contributed by atoms with Crippen molar-refractivity contribution >= 4 is 29.1 Å². The number of benzene rings is 2. The quantitative estimate of drug-likeness (QED) is 0.697. The van der Waals surface area contributed by atoms with Crippen molar-refractivity contribution in [3.63, 3.8) is 0 Å². The molecule has 27 heavy (non-hydrogen) atoms. The zero-order valence-electron chi connectivity index (χ0n) is 14.7. The van der Waals surface area contributed by atoms with Gasteiger partial charge in [-0.25, -0.2) is 0 Å². The van der Waals surface area contributed by atoms with Crippen LogP contribution in [0.2, 0.25) is 5.02 Å². The van der Waals surface area contributed by atoms with Gasteiger partial charge < -0.3 is 10.6 Å². The van der Waals surface area contributed by atoms with E-state index in [-0.39, 0.29) is 11.6 Å². The number of hydrogen-bond donors (Lipinski definition) is 2. The van der Waals surface area contributed by atoms with Gasteiger partial charge in [-0.1, -0.05) is 53.6 Å².